The SMILES string of the molecule is CCCc1[nH]ncc1CCNc1cc(-c2cncc(F)c2)nc2c(C(C)C)cnn12. The summed E-state index contributed by atoms with van der Waals surface area (Å²) < 4.78 is 15.6. The van der Waals surface area contributed by atoms with E-state index >= 15 is 0 Å². The third kappa shape index (κ3) is 4.03. The van der Waals surface area contributed by atoms with Crippen LogP contribution in [0.2, 0.25) is 0 Å². The van der Waals surface area contributed by atoms with E-state index in [1.54, 1.807) is 6.20 Å². The lowest BCUT2D eigenvalue weighted by Crippen LogP contribution is -2.11. The third-order valence-corrected chi connectivity index (χ3v) is 5.13. The maximum atomic E-state index is 13.7. The van der Waals surface area contributed by atoms with Gasteiger partial charge in [0.05, 0.1) is 24.3 Å². The Balaban J connectivity index is 1.66. The van der Waals surface area contributed by atoms with E-state index < -0.39 is 0 Å². The number of hydrogen-bond donors (Lipinski definition) is 2. The van der Waals surface area contributed by atoms with Crippen LogP contribution in [-0.2, 0) is 12.8 Å². The molecule has 8 heteroatoms. The first-order valence-corrected chi connectivity index (χ1v) is 10.3. The molecule has 0 aromatic carbocycles. The van der Waals surface area contributed by atoms with Gasteiger partial charge in [-0.15, -0.1) is 0 Å². The van der Waals surface area contributed by atoms with Gasteiger partial charge in [-0.1, -0.05) is 27.2 Å². The molecule has 30 heavy (non-hydrogen) atoms. The normalized spacial score (nSPS) is 11.5. The second kappa shape index (κ2) is 8.61. The fraction of sp³-hybridized carbons (Fsp3) is 0.364. The summed E-state index contributed by atoms with van der Waals surface area (Å²) in [6.07, 6.45) is 9.46. The first-order chi connectivity index (χ1) is 14.6. The lowest BCUT2D eigenvalue weighted by Gasteiger charge is -2.12. The number of aromatic nitrogens is 6. The topological polar surface area (TPSA) is 83.8 Å². The van der Waals surface area contributed by atoms with Crippen LogP contribution in [0.1, 0.15) is 49.9 Å². The molecule has 0 saturated heterocycles. The zero-order valence-corrected chi connectivity index (χ0v) is 17.5. The van der Waals surface area contributed by atoms with Gasteiger partial charge < -0.3 is 5.32 Å². The molecule has 2 N–H and O–H groups in total. The minimum absolute atomic E-state index is 0.270. The van der Waals surface area contributed by atoms with Crippen molar-refractivity contribution in [2.45, 2.75) is 46.0 Å². The molecule has 0 bridgehead atoms. The van der Waals surface area contributed by atoms with E-state index in [1.165, 1.54) is 23.5 Å². The molecule has 4 rings (SSSR count). The largest absolute Gasteiger partial charge is 0.370 e. The summed E-state index contributed by atoms with van der Waals surface area (Å²) in [5.74, 6) is 0.697. The van der Waals surface area contributed by atoms with Gasteiger partial charge >= 0.3 is 0 Å². The molecule has 4 aromatic rings. The molecule has 0 aliphatic heterocycles. The maximum absolute atomic E-state index is 13.7. The third-order valence-electron chi connectivity index (χ3n) is 5.13. The van der Waals surface area contributed by atoms with Crippen LogP contribution in [-0.4, -0.2) is 36.3 Å². The van der Waals surface area contributed by atoms with Crippen molar-refractivity contribution in [3.05, 3.63) is 59.6 Å². The van der Waals surface area contributed by atoms with Crippen LogP contribution in [0.5, 0.6) is 0 Å². The fourth-order valence-electron chi connectivity index (χ4n) is 3.56. The highest BCUT2D eigenvalue weighted by Gasteiger charge is 2.15. The number of anilines is 1. The number of H-pyrrole nitrogens is 1. The molecule has 0 aliphatic carbocycles. The number of nitrogens with one attached hydrogen (secondary N) is 2. The summed E-state index contributed by atoms with van der Waals surface area (Å²) in [4.78, 5) is 8.73. The van der Waals surface area contributed by atoms with Gasteiger partial charge in [-0.2, -0.15) is 14.7 Å². The zero-order valence-electron chi connectivity index (χ0n) is 17.5. The summed E-state index contributed by atoms with van der Waals surface area (Å²) in [5, 5.41) is 15.3. The summed E-state index contributed by atoms with van der Waals surface area (Å²) >= 11 is 0. The second-order valence-electron chi connectivity index (χ2n) is 7.71. The van der Waals surface area contributed by atoms with Crippen LogP contribution < -0.4 is 5.32 Å². The van der Waals surface area contributed by atoms with Gasteiger partial charge in [-0.25, -0.2) is 9.37 Å². The number of pyridine rings is 1. The molecule has 0 amide bonds. The highest BCUT2D eigenvalue weighted by atomic mass is 19.1. The Morgan fingerprint density at radius 1 is 1.13 bits per heavy atom. The number of aryl methyl sites for hydroxylation is 1. The molecule has 0 spiro atoms. The first-order valence-electron chi connectivity index (χ1n) is 10.3. The van der Waals surface area contributed by atoms with E-state index in [9.17, 15) is 4.39 Å². The average Bonchev–Trinajstić information content (AvgIpc) is 3.35. The molecule has 0 radical (unpaired) electrons. The van der Waals surface area contributed by atoms with Crippen LogP contribution in [0.3, 0.4) is 0 Å². The van der Waals surface area contributed by atoms with Crippen LogP contribution in [0.25, 0.3) is 16.9 Å². The van der Waals surface area contributed by atoms with E-state index in [2.05, 4.69) is 46.4 Å². The van der Waals surface area contributed by atoms with Gasteiger partial charge in [-0.05, 0) is 30.4 Å². The van der Waals surface area contributed by atoms with Crippen LogP contribution in [0, 0.1) is 5.82 Å². The monoisotopic (exact) mass is 407 g/mol. The van der Waals surface area contributed by atoms with Gasteiger partial charge in [0.2, 0.25) is 0 Å². The lowest BCUT2D eigenvalue weighted by molar-refractivity contribution is 0.622. The molecular formula is C22H26FN7. The highest BCUT2D eigenvalue weighted by Crippen LogP contribution is 2.26. The van der Waals surface area contributed by atoms with Crippen molar-refractivity contribution >= 4 is 11.5 Å². The van der Waals surface area contributed by atoms with Crippen molar-refractivity contribution in [3.63, 3.8) is 0 Å². The minimum Gasteiger partial charge on any atom is -0.370 e. The van der Waals surface area contributed by atoms with Gasteiger partial charge in [-0.3, -0.25) is 10.1 Å². The molecular weight excluding hydrogens is 381 g/mol. The number of fused-ring (bicyclic) bond motifs is 1. The molecule has 0 aliphatic rings. The van der Waals surface area contributed by atoms with Gasteiger partial charge in [0.15, 0.2) is 5.65 Å². The highest BCUT2D eigenvalue weighted by molar-refractivity contribution is 5.67. The Hall–Kier alpha value is -3.29. The second-order valence-corrected chi connectivity index (χ2v) is 7.71. The number of aromatic amines is 1. The predicted molar refractivity (Wildman–Crippen MR) is 115 cm³/mol. The van der Waals surface area contributed by atoms with Crippen molar-refractivity contribution in [2.24, 2.45) is 0 Å². The molecule has 0 saturated carbocycles. The van der Waals surface area contributed by atoms with E-state index in [-0.39, 0.29) is 11.7 Å². The number of hydrogen-bond acceptors (Lipinski definition) is 5. The average molecular weight is 407 g/mol. The molecule has 4 heterocycles. The molecule has 0 atom stereocenters. The van der Waals surface area contributed by atoms with Crippen LogP contribution in [0.4, 0.5) is 10.2 Å². The van der Waals surface area contributed by atoms with Crippen molar-refractivity contribution in [1.29, 1.82) is 0 Å². The van der Waals surface area contributed by atoms with E-state index in [1.807, 2.05) is 23.0 Å². The summed E-state index contributed by atoms with van der Waals surface area (Å²) in [7, 11) is 0. The first kappa shape index (κ1) is 20.0. The summed E-state index contributed by atoms with van der Waals surface area (Å²) in [6.45, 7) is 7.09. The number of nitrogens with zero attached hydrogens (tertiary/aromatic N) is 5. The maximum Gasteiger partial charge on any atom is 0.161 e. The van der Waals surface area contributed by atoms with Crippen molar-refractivity contribution in [3.8, 4) is 11.3 Å². The molecule has 4 aromatic heterocycles. The summed E-state index contributed by atoms with van der Waals surface area (Å²) in [6, 6.07) is 3.34. The standard InChI is InChI=1S/C22H26FN7/c1-4-5-19-15(11-26-29-19)6-7-25-21-9-20(16-8-17(23)12-24-10-16)28-22-18(14(2)3)13-27-30(21)22/h8-14,25H,4-7H2,1-3H3,(H,26,29). The van der Waals surface area contributed by atoms with Crippen LogP contribution >= 0.6 is 0 Å². The molecule has 0 fully saturated rings. The molecule has 156 valence electrons. The molecule has 7 nitrogen and oxygen atoms in total. The molecule has 0 unspecified atom stereocenters. The smallest absolute Gasteiger partial charge is 0.161 e. The number of rotatable bonds is 8. The Morgan fingerprint density at radius 3 is 2.77 bits per heavy atom. The Kier molecular flexibility index (Phi) is 5.74. The van der Waals surface area contributed by atoms with E-state index in [0.717, 1.165) is 36.3 Å². The van der Waals surface area contributed by atoms with Gasteiger partial charge in [0.25, 0.3) is 0 Å². The van der Waals surface area contributed by atoms with Crippen molar-refractivity contribution < 1.29 is 4.39 Å². The Labute approximate surface area is 174 Å². The van der Waals surface area contributed by atoms with Crippen molar-refractivity contribution in [2.75, 3.05) is 11.9 Å². The Morgan fingerprint density at radius 2 is 2.00 bits per heavy atom. The fourth-order valence-corrected chi connectivity index (χ4v) is 3.56. The van der Waals surface area contributed by atoms with Crippen molar-refractivity contribution in [1.82, 2.24) is 29.8 Å². The van der Waals surface area contributed by atoms with E-state index in [0.29, 0.717) is 17.8 Å². The minimum atomic E-state index is -0.385. The van der Waals surface area contributed by atoms with E-state index in [4.69, 9.17) is 4.98 Å². The number of halogens is 1. The van der Waals surface area contributed by atoms with Gasteiger partial charge in [0.1, 0.15) is 11.6 Å². The zero-order chi connectivity index (χ0) is 21.1. The van der Waals surface area contributed by atoms with Crippen LogP contribution in [0.15, 0.2) is 36.9 Å². The quantitative estimate of drug-likeness (QED) is 0.453. The van der Waals surface area contributed by atoms with Gasteiger partial charge in [0, 0.05) is 35.6 Å². The lowest BCUT2D eigenvalue weighted by atomic mass is 10.1. The Bertz CT molecular complexity index is 1150. The summed E-state index contributed by atoms with van der Waals surface area (Å²) in [5.41, 5.74) is 5.51. The predicted octanol–water partition coefficient (Wildman–Crippen LogP) is 4.38.